The van der Waals surface area contributed by atoms with E-state index >= 15 is 0 Å². The molecule has 0 amide bonds. The van der Waals surface area contributed by atoms with Gasteiger partial charge >= 0.3 is 0 Å². The van der Waals surface area contributed by atoms with Gasteiger partial charge in [-0.25, -0.2) is 4.98 Å². The molecule has 4 nitrogen and oxygen atoms in total. The molecule has 1 atom stereocenters. The number of alkyl halides is 1. The van der Waals surface area contributed by atoms with Crippen LogP contribution in [0.5, 0.6) is 0 Å². The second-order valence-electron chi connectivity index (χ2n) is 4.00. The number of nitrogens with zero attached hydrogens (tertiary/aromatic N) is 2. The summed E-state index contributed by atoms with van der Waals surface area (Å²) in [6.07, 6.45) is 3.83. The molecule has 0 saturated carbocycles. The average molecular weight is 296 g/mol. The molecule has 17 heavy (non-hydrogen) atoms. The number of hydrogen-bond donors (Lipinski definition) is 1. The Bertz CT molecular complexity index is 455. The predicted octanol–water partition coefficient (Wildman–Crippen LogP) is 2.28. The van der Waals surface area contributed by atoms with Crippen molar-refractivity contribution in [3.63, 3.8) is 0 Å². The van der Waals surface area contributed by atoms with Gasteiger partial charge in [0.1, 0.15) is 12.0 Å². The van der Waals surface area contributed by atoms with Crippen LogP contribution in [0.15, 0.2) is 30.2 Å². The van der Waals surface area contributed by atoms with Crippen molar-refractivity contribution in [3.05, 3.63) is 35.8 Å². The Morgan fingerprint density at radius 2 is 2.35 bits per heavy atom. The van der Waals surface area contributed by atoms with Crippen molar-refractivity contribution in [2.24, 2.45) is 0 Å². The van der Waals surface area contributed by atoms with Crippen LogP contribution in [0.2, 0.25) is 0 Å². The zero-order valence-corrected chi connectivity index (χ0v) is 11.4. The van der Waals surface area contributed by atoms with E-state index in [0.29, 0.717) is 10.9 Å². The van der Waals surface area contributed by atoms with E-state index in [0.717, 1.165) is 11.5 Å². The first-order valence-electron chi connectivity index (χ1n) is 5.40. The second-order valence-corrected chi connectivity index (χ2v) is 4.56. The normalized spacial score (nSPS) is 18.9. The van der Waals surface area contributed by atoms with Crippen molar-refractivity contribution in [1.82, 2.24) is 10.3 Å². The fourth-order valence-electron chi connectivity index (χ4n) is 1.80. The second kappa shape index (κ2) is 4.87. The summed E-state index contributed by atoms with van der Waals surface area (Å²) in [6, 6.07) is 3.67. The fraction of sp³-hybridized carbons (Fsp3) is 0.333. The Morgan fingerprint density at radius 3 is 2.82 bits per heavy atom. The number of allylic oxidation sites excluding steroid dienone is 1. The van der Waals surface area contributed by atoms with Gasteiger partial charge in [-0.3, -0.25) is 4.79 Å². The summed E-state index contributed by atoms with van der Waals surface area (Å²) in [5, 5.41) is 3.61. The Labute approximate surface area is 109 Å². The molecular formula is C12H14BrN3O. The van der Waals surface area contributed by atoms with Gasteiger partial charge in [0.2, 0.25) is 0 Å². The lowest BCUT2D eigenvalue weighted by Crippen LogP contribution is -2.33. The molecule has 1 aliphatic heterocycles. The molecule has 0 radical (unpaired) electrons. The number of carbonyl (C=O) groups excluding carboxylic acids is 1. The maximum absolute atomic E-state index is 11.4. The van der Waals surface area contributed by atoms with Crippen molar-refractivity contribution >= 4 is 27.5 Å². The van der Waals surface area contributed by atoms with Crippen LogP contribution in [0.3, 0.4) is 0 Å². The van der Waals surface area contributed by atoms with E-state index in [4.69, 9.17) is 0 Å². The van der Waals surface area contributed by atoms with Gasteiger partial charge in [-0.2, -0.15) is 0 Å². The molecule has 0 fully saturated rings. The summed E-state index contributed by atoms with van der Waals surface area (Å²) in [7, 11) is 0. The quantitative estimate of drug-likeness (QED) is 0.686. The highest BCUT2D eigenvalue weighted by molar-refractivity contribution is 9.09. The van der Waals surface area contributed by atoms with Crippen LogP contribution in [0.4, 0.5) is 5.82 Å². The number of nitrogens with one attached hydrogen (secondary N) is 1. The van der Waals surface area contributed by atoms with Gasteiger partial charge in [-0.15, -0.1) is 0 Å². The summed E-state index contributed by atoms with van der Waals surface area (Å²) in [5.41, 5.74) is 1.74. The Morgan fingerprint density at radius 1 is 1.59 bits per heavy atom. The molecule has 0 spiro atoms. The Hall–Kier alpha value is -1.36. The molecule has 0 saturated heterocycles. The van der Waals surface area contributed by atoms with Crippen molar-refractivity contribution in [2.75, 3.05) is 10.2 Å². The first-order valence-corrected chi connectivity index (χ1v) is 6.52. The predicted molar refractivity (Wildman–Crippen MR) is 71.2 cm³/mol. The summed E-state index contributed by atoms with van der Waals surface area (Å²) in [5.74, 6) is 0.886. The van der Waals surface area contributed by atoms with E-state index < -0.39 is 0 Å². The summed E-state index contributed by atoms with van der Waals surface area (Å²) in [4.78, 5) is 17.8. The third kappa shape index (κ3) is 2.49. The fourth-order valence-corrected chi connectivity index (χ4v) is 2.13. The number of pyridine rings is 1. The highest BCUT2D eigenvalue weighted by Crippen LogP contribution is 2.19. The molecular weight excluding hydrogens is 282 g/mol. The minimum Gasteiger partial charge on any atom is -0.368 e. The molecule has 1 unspecified atom stereocenters. The van der Waals surface area contributed by atoms with Gasteiger partial charge in [-0.05, 0) is 26.0 Å². The summed E-state index contributed by atoms with van der Waals surface area (Å²) in [6.45, 7) is 4.07. The molecule has 0 aromatic carbocycles. The van der Waals surface area contributed by atoms with Gasteiger partial charge in [0, 0.05) is 23.7 Å². The van der Waals surface area contributed by atoms with E-state index in [1.165, 1.54) is 0 Å². The third-order valence-corrected chi connectivity index (χ3v) is 3.15. The number of ketones is 1. The molecule has 90 valence electrons. The van der Waals surface area contributed by atoms with Crippen molar-refractivity contribution in [2.45, 2.75) is 20.0 Å². The maximum atomic E-state index is 11.4. The number of carbonyl (C=O) groups is 1. The number of rotatable bonds is 3. The van der Waals surface area contributed by atoms with Crippen LogP contribution in [0.25, 0.3) is 0 Å². The standard InChI is InChI=1S/C12H14BrN3O/c1-8-7-16(9(2)15-8)12-4-3-10(6-14-12)11(17)5-13/h3-4,6-7,9,15H,5H2,1-2H3. The molecule has 1 N–H and O–H groups in total. The smallest absolute Gasteiger partial charge is 0.174 e. The van der Waals surface area contributed by atoms with Gasteiger partial charge in [0.15, 0.2) is 5.78 Å². The first-order chi connectivity index (χ1) is 8.11. The van der Waals surface area contributed by atoms with Crippen molar-refractivity contribution < 1.29 is 4.79 Å². The van der Waals surface area contributed by atoms with Crippen LogP contribution in [0, 0.1) is 0 Å². The molecule has 0 aliphatic carbocycles. The number of aromatic nitrogens is 1. The molecule has 1 aromatic rings. The highest BCUT2D eigenvalue weighted by atomic mass is 79.9. The number of halogens is 1. The van der Waals surface area contributed by atoms with E-state index in [-0.39, 0.29) is 11.9 Å². The lowest BCUT2D eigenvalue weighted by atomic mass is 10.2. The van der Waals surface area contributed by atoms with Crippen molar-refractivity contribution in [1.29, 1.82) is 0 Å². The van der Waals surface area contributed by atoms with Gasteiger partial charge in [0.25, 0.3) is 0 Å². The minimum atomic E-state index is 0.0448. The number of Topliss-reactive ketones (excluding diaryl/α,β-unsaturated/α-hetero) is 1. The van der Waals surface area contributed by atoms with Crippen LogP contribution in [-0.4, -0.2) is 22.3 Å². The molecule has 1 aromatic heterocycles. The van der Waals surface area contributed by atoms with Crippen LogP contribution < -0.4 is 10.2 Å². The molecule has 2 heterocycles. The van der Waals surface area contributed by atoms with Crippen molar-refractivity contribution in [3.8, 4) is 0 Å². The van der Waals surface area contributed by atoms with E-state index in [9.17, 15) is 4.79 Å². The maximum Gasteiger partial charge on any atom is 0.174 e. The zero-order valence-electron chi connectivity index (χ0n) is 9.77. The lowest BCUT2D eigenvalue weighted by molar-refractivity contribution is 0.102. The van der Waals surface area contributed by atoms with Crippen LogP contribution in [-0.2, 0) is 0 Å². The molecule has 2 rings (SSSR count). The van der Waals surface area contributed by atoms with E-state index in [1.807, 2.05) is 24.1 Å². The average Bonchev–Trinajstić information content (AvgIpc) is 2.68. The minimum absolute atomic E-state index is 0.0448. The number of hydrogen-bond acceptors (Lipinski definition) is 4. The van der Waals surface area contributed by atoms with Crippen LogP contribution in [0.1, 0.15) is 24.2 Å². The largest absolute Gasteiger partial charge is 0.368 e. The number of anilines is 1. The topological polar surface area (TPSA) is 45.2 Å². The Balaban J connectivity index is 2.21. The SMILES string of the molecule is CC1=CN(c2ccc(C(=O)CBr)cn2)C(C)N1. The van der Waals surface area contributed by atoms with Crippen LogP contribution >= 0.6 is 15.9 Å². The zero-order chi connectivity index (χ0) is 12.4. The molecule has 0 bridgehead atoms. The van der Waals surface area contributed by atoms with Gasteiger partial charge in [0.05, 0.1) is 5.33 Å². The van der Waals surface area contributed by atoms with Gasteiger partial charge < -0.3 is 10.2 Å². The first kappa shape index (κ1) is 12.1. The Kier molecular flexibility index (Phi) is 3.47. The summed E-state index contributed by atoms with van der Waals surface area (Å²) < 4.78 is 0. The summed E-state index contributed by atoms with van der Waals surface area (Å²) >= 11 is 3.15. The van der Waals surface area contributed by atoms with Gasteiger partial charge in [-0.1, -0.05) is 15.9 Å². The van der Waals surface area contributed by atoms with E-state index in [1.54, 1.807) is 12.3 Å². The highest BCUT2D eigenvalue weighted by Gasteiger charge is 2.19. The monoisotopic (exact) mass is 295 g/mol. The third-order valence-electron chi connectivity index (χ3n) is 2.64. The van der Waals surface area contributed by atoms with E-state index in [2.05, 4.69) is 33.2 Å². The molecule has 1 aliphatic rings. The lowest BCUT2D eigenvalue weighted by Gasteiger charge is -2.20. The molecule has 5 heteroatoms.